The number of aryl methyl sites for hydroxylation is 1. The summed E-state index contributed by atoms with van der Waals surface area (Å²) in [5, 5.41) is 7.96. The van der Waals surface area contributed by atoms with Crippen LogP contribution in [0.25, 0.3) is 0 Å². The smallest absolute Gasteiger partial charge is 0.281 e. The Morgan fingerprint density at radius 2 is 2.18 bits per heavy atom. The molecule has 4 nitrogen and oxygen atoms in total. The monoisotopic (exact) mass is 253 g/mol. The van der Waals surface area contributed by atoms with Crippen molar-refractivity contribution >= 4 is 11.8 Å². The third-order valence-electron chi connectivity index (χ3n) is 2.17. The van der Waals surface area contributed by atoms with Crippen molar-refractivity contribution < 1.29 is 8.81 Å². The van der Waals surface area contributed by atoms with E-state index in [1.165, 1.54) is 17.8 Å². The first kappa shape index (κ1) is 12.1. The van der Waals surface area contributed by atoms with Crippen LogP contribution in [0.1, 0.15) is 24.4 Å². The van der Waals surface area contributed by atoms with Gasteiger partial charge in [0.15, 0.2) is 0 Å². The van der Waals surface area contributed by atoms with Crippen LogP contribution in [0, 0.1) is 12.7 Å². The van der Waals surface area contributed by atoms with Crippen LogP contribution >= 0.6 is 11.8 Å². The van der Waals surface area contributed by atoms with Gasteiger partial charge in [-0.2, -0.15) is 0 Å². The molecular weight excluding hydrogens is 241 g/mol. The minimum absolute atomic E-state index is 0.318. The van der Waals surface area contributed by atoms with Crippen LogP contribution < -0.4 is 5.73 Å². The van der Waals surface area contributed by atoms with Crippen molar-refractivity contribution in [3.63, 3.8) is 0 Å². The maximum Gasteiger partial charge on any atom is 0.281 e. The van der Waals surface area contributed by atoms with Gasteiger partial charge in [-0.3, -0.25) is 0 Å². The highest BCUT2D eigenvalue weighted by atomic mass is 32.2. The first-order valence-corrected chi connectivity index (χ1v) is 5.91. The van der Waals surface area contributed by atoms with Crippen molar-refractivity contribution in [2.24, 2.45) is 5.73 Å². The SMILES string of the molecule is Cc1nnc(Sc2cccc(F)c2C(C)N)o1. The second kappa shape index (κ2) is 4.85. The van der Waals surface area contributed by atoms with Gasteiger partial charge in [0.1, 0.15) is 5.82 Å². The summed E-state index contributed by atoms with van der Waals surface area (Å²) in [6.07, 6.45) is 0. The fourth-order valence-electron chi connectivity index (χ4n) is 1.46. The molecule has 0 bridgehead atoms. The zero-order valence-corrected chi connectivity index (χ0v) is 10.3. The molecule has 1 unspecified atom stereocenters. The Morgan fingerprint density at radius 3 is 2.76 bits per heavy atom. The fourth-order valence-corrected chi connectivity index (χ4v) is 2.43. The Balaban J connectivity index is 2.35. The van der Waals surface area contributed by atoms with E-state index < -0.39 is 0 Å². The first-order valence-electron chi connectivity index (χ1n) is 5.10. The maximum absolute atomic E-state index is 13.6. The molecule has 6 heteroatoms. The number of hydrogen-bond acceptors (Lipinski definition) is 5. The first-order chi connectivity index (χ1) is 8.08. The molecule has 0 radical (unpaired) electrons. The summed E-state index contributed by atoms with van der Waals surface area (Å²) < 4.78 is 18.9. The molecule has 0 spiro atoms. The molecular formula is C11H12FN3OS. The van der Waals surface area contributed by atoms with E-state index in [4.69, 9.17) is 10.2 Å². The molecule has 2 rings (SSSR count). The molecule has 0 saturated carbocycles. The van der Waals surface area contributed by atoms with Crippen LogP contribution in [-0.4, -0.2) is 10.2 Å². The Labute approximate surface area is 102 Å². The number of aromatic nitrogens is 2. The van der Waals surface area contributed by atoms with Gasteiger partial charge in [-0.1, -0.05) is 6.07 Å². The third kappa shape index (κ3) is 2.65. The second-order valence-electron chi connectivity index (χ2n) is 3.63. The van der Waals surface area contributed by atoms with Gasteiger partial charge in [-0.05, 0) is 30.8 Å². The lowest BCUT2D eigenvalue weighted by atomic mass is 10.1. The number of halogens is 1. The van der Waals surface area contributed by atoms with Crippen LogP contribution in [-0.2, 0) is 0 Å². The Kier molecular flexibility index (Phi) is 3.44. The Bertz CT molecular complexity index is 527. The van der Waals surface area contributed by atoms with Crippen molar-refractivity contribution in [3.05, 3.63) is 35.5 Å². The van der Waals surface area contributed by atoms with Crippen LogP contribution in [0.4, 0.5) is 4.39 Å². The maximum atomic E-state index is 13.6. The summed E-state index contributed by atoms with van der Waals surface area (Å²) in [7, 11) is 0. The average Bonchev–Trinajstić information content (AvgIpc) is 2.63. The van der Waals surface area contributed by atoms with Crippen molar-refractivity contribution in [3.8, 4) is 0 Å². The minimum atomic E-state index is -0.386. The summed E-state index contributed by atoms with van der Waals surface area (Å²) >= 11 is 1.22. The van der Waals surface area contributed by atoms with E-state index in [0.717, 1.165) is 0 Å². The molecule has 1 aromatic carbocycles. The summed E-state index contributed by atoms with van der Waals surface area (Å²) in [5.74, 6) is 0.160. The van der Waals surface area contributed by atoms with Gasteiger partial charge >= 0.3 is 0 Å². The highest BCUT2D eigenvalue weighted by Crippen LogP contribution is 2.33. The molecule has 0 aliphatic carbocycles. The molecule has 1 aromatic heterocycles. The highest BCUT2D eigenvalue weighted by molar-refractivity contribution is 7.99. The molecule has 17 heavy (non-hydrogen) atoms. The predicted molar refractivity (Wildman–Crippen MR) is 62.2 cm³/mol. The van der Waals surface area contributed by atoms with Crippen LogP contribution in [0.2, 0.25) is 0 Å². The highest BCUT2D eigenvalue weighted by Gasteiger charge is 2.15. The van der Waals surface area contributed by atoms with Crippen molar-refractivity contribution in [1.82, 2.24) is 10.2 Å². The lowest BCUT2D eigenvalue weighted by molar-refractivity contribution is 0.429. The molecule has 0 amide bonds. The summed E-state index contributed by atoms with van der Waals surface area (Å²) in [4.78, 5) is 0.698. The van der Waals surface area contributed by atoms with Gasteiger partial charge < -0.3 is 10.2 Å². The van der Waals surface area contributed by atoms with Gasteiger partial charge in [0.05, 0.1) is 0 Å². The van der Waals surface area contributed by atoms with E-state index >= 15 is 0 Å². The van der Waals surface area contributed by atoms with Crippen molar-refractivity contribution in [2.45, 2.75) is 30.0 Å². The second-order valence-corrected chi connectivity index (χ2v) is 4.62. The summed E-state index contributed by atoms with van der Waals surface area (Å²) in [6, 6.07) is 4.42. The molecule has 2 N–H and O–H groups in total. The van der Waals surface area contributed by atoms with E-state index in [2.05, 4.69) is 10.2 Å². The Hall–Kier alpha value is -1.40. The van der Waals surface area contributed by atoms with E-state index in [-0.39, 0.29) is 11.9 Å². The van der Waals surface area contributed by atoms with Crippen molar-refractivity contribution in [2.75, 3.05) is 0 Å². The molecule has 2 aromatic rings. The molecule has 0 aliphatic heterocycles. The molecule has 0 saturated heterocycles. The van der Waals surface area contributed by atoms with Gasteiger partial charge in [-0.15, -0.1) is 10.2 Å². The Morgan fingerprint density at radius 1 is 1.41 bits per heavy atom. The largest absolute Gasteiger partial charge is 0.416 e. The predicted octanol–water partition coefficient (Wildman–Crippen LogP) is 2.69. The number of rotatable bonds is 3. The van der Waals surface area contributed by atoms with E-state index in [1.807, 2.05) is 0 Å². The van der Waals surface area contributed by atoms with Gasteiger partial charge in [0, 0.05) is 23.4 Å². The minimum Gasteiger partial charge on any atom is -0.416 e. The van der Waals surface area contributed by atoms with Crippen LogP contribution in [0.3, 0.4) is 0 Å². The van der Waals surface area contributed by atoms with E-state index in [1.54, 1.807) is 26.0 Å². The van der Waals surface area contributed by atoms with Gasteiger partial charge in [0.25, 0.3) is 5.22 Å². The molecule has 1 heterocycles. The standard InChI is InChI=1S/C11H12FN3OS/c1-6(13)10-8(12)4-3-5-9(10)17-11-15-14-7(2)16-11/h3-6H,13H2,1-2H3. The number of hydrogen-bond donors (Lipinski definition) is 1. The molecule has 0 fully saturated rings. The van der Waals surface area contributed by atoms with Gasteiger partial charge in [-0.25, -0.2) is 4.39 Å². The normalized spacial score (nSPS) is 12.7. The molecule has 1 atom stereocenters. The van der Waals surface area contributed by atoms with Crippen LogP contribution in [0.5, 0.6) is 0 Å². The number of nitrogens with two attached hydrogens (primary N) is 1. The lowest BCUT2D eigenvalue weighted by Crippen LogP contribution is -2.08. The third-order valence-corrected chi connectivity index (χ3v) is 3.09. The lowest BCUT2D eigenvalue weighted by Gasteiger charge is -2.11. The average molecular weight is 253 g/mol. The molecule has 0 aliphatic rings. The van der Waals surface area contributed by atoms with Crippen molar-refractivity contribution in [1.29, 1.82) is 0 Å². The van der Waals surface area contributed by atoms with E-state index in [0.29, 0.717) is 21.6 Å². The van der Waals surface area contributed by atoms with Crippen LogP contribution in [0.15, 0.2) is 32.7 Å². The summed E-state index contributed by atoms with van der Waals surface area (Å²) in [6.45, 7) is 3.44. The van der Waals surface area contributed by atoms with E-state index in [9.17, 15) is 4.39 Å². The molecule has 90 valence electrons. The quantitative estimate of drug-likeness (QED) is 0.911. The zero-order chi connectivity index (χ0) is 12.4. The zero-order valence-electron chi connectivity index (χ0n) is 9.48. The number of benzene rings is 1. The summed E-state index contributed by atoms with van der Waals surface area (Å²) in [5.41, 5.74) is 6.22. The number of nitrogens with zero attached hydrogens (tertiary/aromatic N) is 2. The topological polar surface area (TPSA) is 64.9 Å². The fraction of sp³-hybridized carbons (Fsp3) is 0.273. The van der Waals surface area contributed by atoms with Gasteiger partial charge in [0.2, 0.25) is 5.89 Å².